The van der Waals surface area contributed by atoms with E-state index in [-0.39, 0.29) is 41.4 Å². The molecule has 0 heterocycles. The molecule has 20 heavy (non-hydrogen) atoms. The normalized spacial score (nSPS) is 11.6. The molecule has 7 heteroatoms. The van der Waals surface area contributed by atoms with E-state index < -0.39 is 14.6 Å². The summed E-state index contributed by atoms with van der Waals surface area (Å²) in [6.45, 7) is 7.69. The summed E-state index contributed by atoms with van der Waals surface area (Å²) in [5, 5.41) is 0. The van der Waals surface area contributed by atoms with Crippen molar-refractivity contribution in [1.29, 1.82) is 0 Å². The molecule has 1 aromatic rings. The number of phosphoric acid groups is 1. The van der Waals surface area contributed by atoms with Gasteiger partial charge in [0.1, 0.15) is 5.75 Å². The Balaban J connectivity index is 0.00000361. The monoisotopic (exact) mass is 311 g/mol. The molecule has 0 atom stereocenters. The minimum absolute atomic E-state index is 0. The first-order valence-corrected chi connectivity index (χ1v) is 7.71. The Labute approximate surface area is 142 Å². The number of ether oxygens (including phenoxy) is 1. The molecule has 0 aliphatic carbocycles. The Bertz CT molecular complexity index is 444. The zero-order valence-corrected chi connectivity index (χ0v) is 15.6. The fourth-order valence-corrected chi connectivity index (χ4v) is 1.99. The van der Waals surface area contributed by atoms with Gasteiger partial charge in [0, 0.05) is 29.6 Å². The predicted octanol–water partition coefficient (Wildman–Crippen LogP) is 3.00. The fraction of sp³-hybridized carbons (Fsp3) is 0.538. The minimum Gasteiger partial charge on any atom is -0.466 e. The summed E-state index contributed by atoms with van der Waals surface area (Å²) in [7, 11) is -4.51. The van der Waals surface area contributed by atoms with Crippen LogP contribution in [0, 0.1) is 0 Å². The third-order valence-electron chi connectivity index (χ3n) is 2.74. The number of benzene rings is 1. The molecule has 0 aromatic heterocycles. The van der Waals surface area contributed by atoms with E-state index in [1.54, 1.807) is 0 Å². The maximum atomic E-state index is 10.7. The van der Waals surface area contributed by atoms with Crippen LogP contribution in [0.2, 0.25) is 0 Å². The van der Waals surface area contributed by atoms with Crippen LogP contribution >= 0.6 is 7.82 Å². The molecule has 0 saturated heterocycles. The maximum Gasteiger partial charge on any atom is 0.472 e. The van der Waals surface area contributed by atoms with Crippen molar-refractivity contribution in [3.05, 3.63) is 29.3 Å². The van der Waals surface area contributed by atoms with Gasteiger partial charge < -0.3 is 14.5 Å². The summed E-state index contributed by atoms with van der Waals surface area (Å²) >= 11 is 0. The number of hydrogen-bond acceptors (Lipinski definition) is 3. The second-order valence-electron chi connectivity index (χ2n) is 4.96. The van der Waals surface area contributed by atoms with Crippen LogP contribution in [-0.2, 0) is 9.09 Å². The molecular weight excluding hydrogens is 290 g/mol. The van der Waals surface area contributed by atoms with E-state index in [4.69, 9.17) is 14.5 Å². The van der Waals surface area contributed by atoms with Gasteiger partial charge >= 0.3 is 7.82 Å². The first-order chi connectivity index (χ1) is 8.72. The predicted molar refractivity (Wildman–Crippen MR) is 79.0 cm³/mol. The standard InChI is InChI=1S/C13H21O5P.Na/c1-9(2)11-6-5-7-12(10(3)4)13(11)17-8-18-19(14,15)16;/h5-7,9-10H,8H2,1-4H3,(H2,14,15,16);. The van der Waals surface area contributed by atoms with Gasteiger partial charge in [-0.25, -0.2) is 9.09 Å². The van der Waals surface area contributed by atoms with Gasteiger partial charge in [-0.2, -0.15) is 0 Å². The van der Waals surface area contributed by atoms with Crippen molar-refractivity contribution in [3.8, 4) is 5.75 Å². The van der Waals surface area contributed by atoms with Crippen molar-refractivity contribution in [2.75, 3.05) is 6.79 Å². The van der Waals surface area contributed by atoms with Gasteiger partial charge in [0.15, 0.2) is 6.79 Å². The maximum absolute atomic E-state index is 10.7. The summed E-state index contributed by atoms with van der Waals surface area (Å²) in [6.07, 6.45) is 0. The van der Waals surface area contributed by atoms with Crippen LogP contribution in [0.3, 0.4) is 0 Å². The zero-order chi connectivity index (χ0) is 14.6. The Kier molecular flexibility index (Phi) is 8.60. The topological polar surface area (TPSA) is 76.0 Å². The van der Waals surface area contributed by atoms with Crippen LogP contribution in [-0.4, -0.2) is 46.1 Å². The Morgan fingerprint density at radius 1 is 1.10 bits per heavy atom. The molecule has 1 aromatic carbocycles. The van der Waals surface area contributed by atoms with Gasteiger partial charge in [0.25, 0.3) is 0 Å². The van der Waals surface area contributed by atoms with Crippen LogP contribution in [0.15, 0.2) is 18.2 Å². The molecule has 2 N–H and O–H groups in total. The van der Waals surface area contributed by atoms with Gasteiger partial charge in [-0.15, -0.1) is 0 Å². The molecule has 0 amide bonds. The van der Waals surface area contributed by atoms with Gasteiger partial charge in [-0.05, 0) is 23.0 Å². The Morgan fingerprint density at radius 2 is 1.55 bits per heavy atom. The van der Waals surface area contributed by atoms with Crippen LogP contribution < -0.4 is 4.74 Å². The van der Waals surface area contributed by atoms with Crippen molar-refractivity contribution in [2.24, 2.45) is 0 Å². The second-order valence-corrected chi connectivity index (χ2v) is 6.20. The zero-order valence-electron chi connectivity index (χ0n) is 12.7. The molecule has 0 aliphatic rings. The fourth-order valence-electron chi connectivity index (χ4n) is 1.80. The first-order valence-electron chi connectivity index (χ1n) is 6.18. The van der Waals surface area contributed by atoms with E-state index in [1.165, 1.54) is 0 Å². The van der Waals surface area contributed by atoms with E-state index in [0.29, 0.717) is 5.75 Å². The minimum atomic E-state index is -4.51. The van der Waals surface area contributed by atoms with Gasteiger partial charge in [0.2, 0.25) is 0 Å². The average molecular weight is 311 g/mol. The largest absolute Gasteiger partial charge is 0.472 e. The summed E-state index contributed by atoms with van der Waals surface area (Å²) in [4.78, 5) is 17.3. The summed E-state index contributed by atoms with van der Waals surface area (Å²) in [6, 6.07) is 5.86. The molecule has 109 valence electrons. The Morgan fingerprint density at radius 3 is 1.90 bits per heavy atom. The molecule has 0 unspecified atom stereocenters. The van der Waals surface area contributed by atoms with E-state index in [0.717, 1.165) is 11.1 Å². The third kappa shape index (κ3) is 6.27. The Hall–Kier alpha value is 0.130. The van der Waals surface area contributed by atoms with Crippen LogP contribution in [0.25, 0.3) is 0 Å². The van der Waals surface area contributed by atoms with Crippen molar-refractivity contribution in [3.63, 3.8) is 0 Å². The van der Waals surface area contributed by atoms with E-state index >= 15 is 0 Å². The summed E-state index contributed by atoms with van der Waals surface area (Å²) in [5.41, 5.74) is 2.00. The van der Waals surface area contributed by atoms with Gasteiger partial charge in [-0.1, -0.05) is 45.9 Å². The number of para-hydroxylation sites is 1. The molecule has 0 spiro atoms. The van der Waals surface area contributed by atoms with Crippen molar-refractivity contribution < 1.29 is 23.6 Å². The quantitative estimate of drug-likeness (QED) is 0.480. The molecule has 0 saturated carbocycles. The van der Waals surface area contributed by atoms with Crippen LogP contribution in [0.5, 0.6) is 5.75 Å². The molecule has 5 nitrogen and oxygen atoms in total. The summed E-state index contributed by atoms with van der Waals surface area (Å²) < 4.78 is 20.5. The van der Waals surface area contributed by atoms with Crippen molar-refractivity contribution >= 4 is 37.4 Å². The van der Waals surface area contributed by atoms with Gasteiger partial charge in [0.05, 0.1) is 0 Å². The third-order valence-corrected chi connectivity index (χ3v) is 3.19. The second kappa shape index (κ2) is 8.54. The van der Waals surface area contributed by atoms with Crippen LogP contribution in [0.1, 0.15) is 50.7 Å². The van der Waals surface area contributed by atoms with E-state index in [1.807, 2.05) is 45.9 Å². The molecule has 1 rings (SSSR count). The smallest absolute Gasteiger partial charge is 0.466 e. The van der Waals surface area contributed by atoms with E-state index in [9.17, 15) is 4.57 Å². The number of rotatable bonds is 6. The molecule has 1 radical (unpaired) electrons. The summed E-state index contributed by atoms with van der Waals surface area (Å²) in [5.74, 6) is 1.16. The SMILES string of the molecule is CC(C)c1cccc(C(C)C)c1OCOP(=O)(O)O.[Na]. The average Bonchev–Trinajstić information content (AvgIpc) is 2.26. The molecule has 0 aliphatic heterocycles. The van der Waals surface area contributed by atoms with Gasteiger partial charge in [-0.3, -0.25) is 0 Å². The van der Waals surface area contributed by atoms with Crippen molar-refractivity contribution in [2.45, 2.75) is 39.5 Å². The molecular formula is C13H21NaO5P. The molecule has 0 bridgehead atoms. The molecule has 0 fully saturated rings. The van der Waals surface area contributed by atoms with Crippen LogP contribution in [0.4, 0.5) is 0 Å². The first kappa shape index (κ1) is 20.1. The number of phosphoric ester groups is 1. The van der Waals surface area contributed by atoms with E-state index in [2.05, 4.69) is 4.52 Å². The van der Waals surface area contributed by atoms with Crippen molar-refractivity contribution in [1.82, 2.24) is 0 Å². The number of hydrogen-bond donors (Lipinski definition) is 2.